The molecule has 0 aromatic carbocycles. The van der Waals surface area contributed by atoms with Gasteiger partial charge in [-0.2, -0.15) is 0 Å². The SMILES string of the molecule is Cc1ccnc(NCC2(CC(C)C)CCCC2)c1[N+](=O)[O-]. The second-order valence-corrected chi connectivity index (χ2v) is 6.74. The normalized spacial score (nSPS) is 17.1. The highest BCUT2D eigenvalue weighted by Gasteiger charge is 2.35. The van der Waals surface area contributed by atoms with Crippen LogP contribution in [0, 0.1) is 28.4 Å². The zero-order chi connectivity index (χ0) is 15.5. The van der Waals surface area contributed by atoms with Gasteiger partial charge in [-0.15, -0.1) is 0 Å². The lowest BCUT2D eigenvalue weighted by Gasteiger charge is -2.31. The Hall–Kier alpha value is -1.65. The highest BCUT2D eigenvalue weighted by atomic mass is 16.6. The quantitative estimate of drug-likeness (QED) is 0.626. The minimum absolute atomic E-state index is 0.107. The van der Waals surface area contributed by atoms with Crippen LogP contribution in [0.25, 0.3) is 0 Å². The van der Waals surface area contributed by atoms with E-state index in [-0.39, 0.29) is 16.0 Å². The Morgan fingerprint density at radius 3 is 2.67 bits per heavy atom. The number of nitro groups is 1. The van der Waals surface area contributed by atoms with Gasteiger partial charge in [0.2, 0.25) is 5.82 Å². The van der Waals surface area contributed by atoms with Gasteiger partial charge in [0.25, 0.3) is 0 Å². The molecule has 0 spiro atoms. The summed E-state index contributed by atoms with van der Waals surface area (Å²) in [4.78, 5) is 15.1. The lowest BCUT2D eigenvalue weighted by atomic mass is 9.78. The average Bonchev–Trinajstić information content (AvgIpc) is 2.84. The molecule has 1 aliphatic rings. The molecule has 0 amide bonds. The third-order valence-electron chi connectivity index (χ3n) is 4.44. The van der Waals surface area contributed by atoms with E-state index in [2.05, 4.69) is 24.1 Å². The molecular weight excluding hydrogens is 266 g/mol. The standard InChI is InChI=1S/C16H25N3O2/c1-12(2)10-16(7-4-5-8-16)11-18-15-14(19(20)21)13(3)6-9-17-15/h6,9,12H,4-5,7-8,10-11H2,1-3H3,(H,17,18). The van der Waals surface area contributed by atoms with Crippen molar-refractivity contribution in [3.63, 3.8) is 0 Å². The Labute approximate surface area is 126 Å². The molecule has 2 rings (SSSR count). The van der Waals surface area contributed by atoms with Gasteiger partial charge in [-0.1, -0.05) is 26.7 Å². The molecule has 5 heteroatoms. The van der Waals surface area contributed by atoms with Crippen molar-refractivity contribution in [3.8, 4) is 0 Å². The van der Waals surface area contributed by atoms with Crippen LogP contribution in [0.2, 0.25) is 0 Å². The summed E-state index contributed by atoms with van der Waals surface area (Å²) in [6.45, 7) is 7.02. The fourth-order valence-electron chi connectivity index (χ4n) is 3.63. The van der Waals surface area contributed by atoms with E-state index < -0.39 is 0 Å². The van der Waals surface area contributed by atoms with Crippen LogP contribution in [0.5, 0.6) is 0 Å². The van der Waals surface area contributed by atoms with Gasteiger partial charge in [-0.25, -0.2) is 4.98 Å². The molecule has 0 saturated heterocycles. The summed E-state index contributed by atoms with van der Waals surface area (Å²) in [5, 5.41) is 14.5. The van der Waals surface area contributed by atoms with Crippen LogP contribution in [-0.4, -0.2) is 16.5 Å². The number of rotatable bonds is 6. The molecule has 1 aromatic heterocycles. The molecular formula is C16H25N3O2. The van der Waals surface area contributed by atoms with Crippen LogP contribution in [0.3, 0.4) is 0 Å². The van der Waals surface area contributed by atoms with E-state index in [0.29, 0.717) is 17.3 Å². The van der Waals surface area contributed by atoms with E-state index in [1.54, 1.807) is 19.2 Å². The zero-order valence-electron chi connectivity index (χ0n) is 13.2. The van der Waals surface area contributed by atoms with Crippen molar-refractivity contribution < 1.29 is 4.92 Å². The van der Waals surface area contributed by atoms with Crippen molar-refractivity contribution in [2.75, 3.05) is 11.9 Å². The van der Waals surface area contributed by atoms with Gasteiger partial charge < -0.3 is 5.32 Å². The van der Waals surface area contributed by atoms with E-state index in [4.69, 9.17) is 0 Å². The predicted octanol–water partition coefficient (Wildman–Crippen LogP) is 4.32. The fraction of sp³-hybridized carbons (Fsp3) is 0.688. The third-order valence-corrected chi connectivity index (χ3v) is 4.44. The van der Waals surface area contributed by atoms with E-state index in [9.17, 15) is 10.1 Å². The number of nitrogens with zero attached hydrogens (tertiary/aromatic N) is 2. The van der Waals surface area contributed by atoms with Crippen LogP contribution in [-0.2, 0) is 0 Å². The molecule has 21 heavy (non-hydrogen) atoms. The Bertz CT molecular complexity index is 508. The summed E-state index contributed by atoms with van der Waals surface area (Å²) in [7, 11) is 0. The van der Waals surface area contributed by atoms with Gasteiger partial charge in [0.05, 0.1) is 4.92 Å². The number of nitrogens with one attached hydrogen (secondary N) is 1. The van der Waals surface area contributed by atoms with Crippen LogP contribution in [0.15, 0.2) is 12.3 Å². The minimum atomic E-state index is -0.339. The van der Waals surface area contributed by atoms with E-state index in [1.807, 2.05) is 0 Å². The highest BCUT2D eigenvalue weighted by Crippen LogP contribution is 2.43. The number of anilines is 1. The Kier molecular flexibility index (Phi) is 4.80. The number of hydrogen-bond donors (Lipinski definition) is 1. The summed E-state index contributed by atoms with van der Waals surface area (Å²) in [5.74, 6) is 1.06. The van der Waals surface area contributed by atoms with Gasteiger partial charge in [-0.3, -0.25) is 10.1 Å². The molecule has 0 bridgehead atoms. The number of aryl methyl sites for hydroxylation is 1. The summed E-state index contributed by atoms with van der Waals surface area (Å²) in [5.41, 5.74) is 1.03. The van der Waals surface area contributed by atoms with E-state index in [0.717, 1.165) is 6.54 Å². The summed E-state index contributed by atoms with van der Waals surface area (Å²) < 4.78 is 0. The van der Waals surface area contributed by atoms with Crippen molar-refractivity contribution >= 4 is 11.5 Å². The lowest BCUT2D eigenvalue weighted by Crippen LogP contribution is -2.29. The van der Waals surface area contributed by atoms with E-state index in [1.165, 1.54) is 32.1 Å². The van der Waals surface area contributed by atoms with Crippen LogP contribution in [0.1, 0.15) is 51.5 Å². The Balaban J connectivity index is 2.15. The maximum absolute atomic E-state index is 11.2. The molecule has 0 unspecified atom stereocenters. The largest absolute Gasteiger partial charge is 0.364 e. The summed E-state index contributed by atoms with van der Waals surface area (Å²) >= 11 is 0. The molecule has 1 N–H and O–H groups in total. The number of aromatic nitrogens is 1. The summed E-state index contributed by atoms with van der Waals surface area (Å²) in [6.07, 6.45) is 7.74. The first-order chi connectivity index (χ1) is 9.93. The van der Waals surface area contributed by atoms with Crippen LogP contribution in [0.4, 0.5) is 11.5 Å². The minimum Gasteiger partial charge on any atom is -0.364 e. The fourth-order valence-corrected chi connectivity index (χ4v) is 3.63. The molecule has 0 radical (unpaired) electrons. The first-order valence-electron chi connectivity index (χ1n) is 7.77. The Morgan fingerprint density at radius 2 is 2.10 bits per heavy atom. The summed E-state index contributed by atoms with van der Waals surface area (Å²) in [6, 6.07) is 1.68. The molecule has 1 aliphatic carbocycles. The second-order valence-electron chi connectivity index (χ2n) is 6.74. The van der Waals surface area contributed by atoms with Crippen molar-refractivity contribution in [3.05, 3.63) is 27.9 Å². The highest BCUT2D eigenvalue weighted by molar-refractivity contribution is 5.59. The topological polar surface area (TPSA) is 68.1 Å². The lowest BCUT2D eigenvalue weighted by molar-refractivity contribution is -0.384. The van der Waals surface area contributed by atoms with Gasteiger partial charge in [0.1, 0.15) is 0 Å². The molecule has 5 nitrogen and oxygen atoms in total. The van der Waals surface area contributed by atoms with Gasteiger partial charge in [0.15, 0.2) is 0 Å². The number of hydrogen-bond acceptors (Lipinski definition) is 4. The van der Waals surface area contributed by atoms with Crippen LogP contribution >= 0.6 is 0 Å². The van der Waals surface area contributed by atoms with Crippen molar-refractivity contribution in [2.45, 2.75) is 52.9 Å². The average molecular weight is 291 g/mol. The second kappa shape index (κ2) is 6.41. The molecule has 0 aliphatic heterocycles. The van der Waals surface area contributed by atoms with Crippen LogP contribution < -0.4 is 5.32 Å². The predicted molar refractivity (Wildman–Crippen MR) is 84.5 cm³/mol. The first kappa shape index (κ1) is 15.7. The molecule has 1 aromatic rings. The van der Waals surface area contributed by atoms with Gasteiger partial charge in [-0.05, 0) is 43.6 Å². The zero-order valence-corrected chi connectivity index (χ0v) is 13.2. The maximum atomic E-state index is 11.2. The van der Waals surface area contributed by atoms with Gasteiger partial charge in [0, 0.05) is 18.3 Å². The first-order valence-corrected chi connectivity index (χ1v) is 7.77. The smallest absolute Gasteiger partial charge is 0.314 e. The van der Waals surface area contributed by atoms with Gasteiger partial charge >= 0.3 is 5.69 Å². The number of pyridine rings is 1. The Morgan fingerprint density at radius 1 is 1.43 bits per heavy atom. The third kappa shape index (κ3) is 3.71. The monoisotopic (exact) mass is 291 g/mol. The van der Waals surface area contributed by atoms with E-state index >= 15 is 0 Å². The molecule has 1 heterocycles. The van der Waals surface area contributed by atoms with Crippen molar-refractivity contribution in [1.82, 2.24) is 4.98 Å². The molecule has 116 valence electrons. The molecule has 1 saturated carbocycles. The van der Waals surface area contributed by atoms with Crippen molar-refractivity contribution in [2.24, 2.45) is 11.3 Å². The maximum Gasteiger partial charge on any atom is 0.314 e. The molecule has 1 fully saturated rings. The van der Waals surface area contributed by atoms with Crippen molar-refractivity contribution in [1.29, 1.82) is 0 Å². The molecule has 0 atom stereocenters.